The second-order valence-electron chi connectivity index (χ2n) is 5.07. The number of methoxy groups -OCH3 is 1. The second-order valence-corrected chi connectivity index (χ2v) is 5.07. The molecule has 1 aliphatic carbocycles. The van der Waals surface area contributed by atoms with Crippen molar-refractivity contribution in [1.82, 2.24) is 5.32 Å². The van der Waals surface area contributed by atoms with Crippen molar-refractivity contribution >= 4 is 11.8 Å². The standard InChI is InChI=1S/C14H18FN3O3/c1-21-13(19)14(5-2-6-14)17-8-10-4-3-9(7-11(10)15)12(16)18-20/h3-4,7,17,20H,2,5-6,8H2,1H3,(H2,16,18). The molecule has 0 unspecified atom stereocenters. The van der Waals surface area contributed by atoms with E-state index in [0.717, 1.165) is 6.42 Å². The van der Waals surface area contributed by atoms with Crippen LogP contribution in [0.1, 0.15) is 30.4 Å². The maximum Gasteiger partial charge on any atom is 0.326 e. The summed E-state index contributed by atoms with van der Waals surface area (Å²) in [5.41, 5.74) is 5.40. The van der Waals surface area contributed by atoms with Gasteiger partial charge in [0.2, 0.25) is 0 Å². The molecule has 0 aromatic heterocycles. The summed E-state index contributed by atoms with van der Waals surface area (Å²) >= 11 is 0. The van der Waals surface area contributed by atoms with E-state index in [1.807, 2.05) is 0 Å². The minimum absolute atomic E-state index is 0.154. The fourth-order valence-electron chi connectivity index (χ4n) is 2.35. The Bertz CT molecular complexity index is 571. The molecule has 0 aliphatic heterocycles. The van der Waals surface area contributed by atoms with Crippen LogP contribution in [0, 0.1) is 5.82 Å². The van der Waals surface area contributed by atoms with E-state index in [0.29, 0.717) is 24.0 Å². The number of carbonyl (C=O) groups excluding carboxylic acids is 1. The van der Waals surface area contributed by atoms with Gasteiger partial charge in [-0.25, -0.2) is 4.39 Å². The third kappa shape index (κ3) is 2.97. The number of benzene rings is 1. The largest absolute Gasteiger partial charge is 0.468 e. The highest BCUT2D eigenvalue weighted by Crippen LogP contribution is 2.33. The van der Waals surface area contributed by atoms with E-state index in [2.05, 4.69) is 10.5 Å². The molecule has 114 valence electrons. The number of halogens is 1. The Kier molecular flexibility index (Phi) is 4.42. The molecule has 0 radical (unpaired) electrons. The summed E-state index contributed by atoms with van der Waals surface area (Å²) in [5.74, 6) is -0.952. The molecule has 1 saturated carbocycles. The Hall–Kier alpha value is -2.15. The average Bonchev–Trinajstić information content (AvgIpc) is 2.46. The van der Waals surface area contributed by atoms with E-state index in [1.165, 1.54) is 13.2 Å². The summed E-state index contributed by atoms with van der Waals surface area (Å²) in [5, 5.41) is 14.5. The first-order valence-electron chi connectivity index (χ1n) is 6.62. The van der Waals surface area contributed by atoms with Gasteiger partial charge < -0.3 is 15.7 Å². The number of carbonyl (C=O) groups is 1. The number of hydrogen-bond donors (Lipinski definition) is 3. The molecule has 7 heteroatoms. The summed E-state index contributed by atoms with van der Waals surface area (Å²) in [4.78, 5) is 11.8. The van der Waals surface area contributed by atoms with Crippen molar-refractivity contribution in [2.75, 3.05) is 7.11 Å². The monoisotopic (exact) mass is 295 g/mol. The number of nitrogens with two attached hydrogens (primary N) is 1. The van der Waals surface area contributed by atoms with Gasteiger partial charge in [0, 0.05) is 17.7 Å². The van der Waals surface area contributed by atoms with E-state index in [4.69, 9.17) is 15.7 Å². The van der Waals surface area contributed by atoms with Crippen LogP contribution in [-0.2, 0) is 16.1 Å². The van der Waals surface area contributed by atoms with Gasteiger partial charge in [0.1, 0.15) is 11.4 Å². The highest BCUT2D eigenvalue weighted by atomic mass is 19.1. The predicted molar refractivity (Wildman–Crippen MR) is 74.3 cm³/mol. The molecule has 0 bridgehead atoms. The molecule has 0 heterocycles. The lowest BCUT2D eigenvalue weighted by Gasteiger charge is -2.39. The van der Waals surface area contributed by atoms with E-state index < -0.39 is 11.4 Å². The Morgan fingerprint density at radius 2 is 2.29 bits per heavy atom. The van der Waals surface area contributed by atoms with Gasteiger partial charge >= 0.3 is 5.97 Å². The lowest BCUT2D eigenvalue weighted by atomic mass is 9.76. The van der Waals surface area contributed by atoms with Crippen molar-refractivity contribution in [2.45, 2.75) is 31.3 Å². The molecular formula is C14H18FN3O3. The predicted octanol–water partition coefficient (Wildman–Crippen LogP) is 1.11. The number of nitrogens with zero attached hydrogens (tertiary/aromatic N) is 1. The number of hydrogen-bond acceptors (Lipinski definition) is 5. The Balaban J connectivity index is 2.08. The van der Waals surface area contributed by atoms with Crippen LogP contribution in [-0.4, -0.2) is 29.7 Å². The summed E-state index contributed by atoms with van der Waals surface area (Å²) < 4.78 is 18.8. The third-order valence-electron chi connectivity index (χ3n) is 3.86. The SMILES string of the molecule is COC(=O)C1(NCc2ccc(/C(N)=N/O)cc2F)CCC1. The molecule has 21 heavy (non-hydrogen) atoms. The molecule has 2 rings (SSSR count). The molecule has 1 aromatic rings. The Morgan fingerprint density at radius 3 is 2.76 bits per heavy atom. The van der Waals surface area contributed by atoms with Gasteiger partial charge in [0.05, 0.1) is 7.11 Å². The molecule has 0 amide bonds. The van der Waals surface area contributed by atoms with E-state index >= 15 is 0 Å². The first-order valence-corrected chi connectivity index (χ1v) is 6.62. The number of ether oxygens (including phenoxy) is 1. The zero-order valence-corrected chi connectivity index (χ0v) is 11.7. The van der Waals surface area contributed by atoms with Crippen LogP contribution in [0.4, 0.5) is 4.39 Å². The van der Waals surface area contributed by atoms with Crippen molar-refractivity contribution in [3.63, 3.8) is 0 Å². The highest BCUT2D eigenvalue weighted by Gasteiger charge is 2.44. The number of amidine groups is 1. The Morgan fingerprint density at radius 1 is 1.57 bits per heavy atom. The Labute approximate surface area is 121 Å². The van der Waals surface area contributed by atoms with Gasteiger partial charge in [-0.05, 0) is 25.3 Å². The minimum atomic E-state index is -0.703. The van der Waals surface area contributed by atoms with Crippen LogP contribution in [0.25, 0.3) is 0 Å². The normalized spacial score (nSPS) is 17.1. The first kappa shape index (κ1) is 15.2. The number of esters is 1. The lowest BCUT2D eigenvalue weighted by molar-refractivity contribution is -0.152. The maximum atomic E-state index is 14.0. The van der Waals surface area contributed by atoms with Crippen molar-refractivity contribution in [3.05, 3.63) is 35.1 Å². The second kappa shape index (κ2) is 6.09. The molecule has 0 atom stereocenters. The van der Waals surface area contributed by atoms with E-state index in [9.17, 15) is 9.18 Å². The van der Waals surface area contributed by atoms with Crippen LogP contribution in [0.2, 0.25) is 0 Å². The van der Waals surface area contributed by atoms with Crippen molar-refractivity contribution in [1.29, 1.82) is 0 Å². The lowest BCUT2D eigenvalue weighted by Crippen LogP contribution is -2.57. The van der Waals surface area contributed by atoms with Gasteiger partial charge in [-0.1, -0.05) is 17.3 Å². The van der Waals surface area contributed by atoms with Crippen LogP contribution >= 0.6 is 0 Å². The molecule has 1 aliphatic rings. The molecule has 1 fully saturated rings. The van der Waals surface area contributed by atoms with Crippen molar-refractivity contribution in [2.24, 2.45) is 10.9 Å². The summed E-state index contributed by atoms with van der Waals surface area (Å²) in [6.45, 7) is 0.206. The highest BCUT2D eigenvalue weighted by molar-refractivity contribution is 5.97. The molecule has 0 saturated heterocycles. The van der Waals surface area contributed by atoms with Gasteiger partial charge in [0.25, 0.3) is 0 Å². The van der Waals surface area contributed by atoms with Crippen LogP contribution < -0.4 is 11.1 Å². The average molecular weight is 295 g/mol. The van der Waals surface area contributed by atoms with Crippen molar-refractivity contribution in [3.8, 4) is 0 Å². The minimum Gasteiger partial charge on any atom is -0.468 e. The van der Waals surface area contributed by atoms with Gasteiger partial charge in [0.15, 0.2) is 5.84 Å². The van der Waals surface area contributed by atoms with E-state index in [1.54, 1.807) is 12.1 Å². The van der Waals surface area contributed by atoms with Gasteiger partial charge in [-0.3, -0.25) is 10.1 Å². The summed E-state index contributed by atoms with van der Waals surface area (Å²) in [7, 11) is 1.34. The quantitative estimate of drug-likeness (QED) is 0.248. The van der Waals surface area contributed by atoms with E-state index in [-0.39, 0.29) is 18.3 Å². The van der Waals surface area contributed by atoms with Gasteiger partial charge in [-0.15, -0.1) is 0 Å². The summed E-state index contributed by atoms with van der Waals surface area (Å²) in [6.07, 6.45) is 2.31. The summed E-state index contributed by atoms with van der Waals surface area (Å²) in [6, 6.07) is 4.29. The fraction of sp³-hybridized carbons (Fsp3) is 0.429. The van der Waals surface area contributed by atoms with Crippen molar-refractivity contribution < 1.29 is 19.1 Å². The number of oxime groups is 1. The zero-order chi connectivity index (χ0) is 15.5. The maximum absolute atomic E-state index is 14.0. The smallest absolute Gasteiger partial charge is 0.326 e. The molecule has 1 aromatic carbocycles. The third-order valence-corrected chi connectivity index (χ3v) is 3.86. The van der Waals surface area contributed by atoms with Gasteiger partial charge in [-0.2, -0.15) is 0 Å². The topological polar surface area (TPSA) is 96.9 Å². The number of rotatable bonds is 5. The zero-order valence-electron chi connectivity index (χ0n) is 11.7. The number of nitrogens with one attached hydrogen (secondary N) is 1. The van der Waals surface area contributed by atoms with Crippen LogP contribution in [0.15, 0.2) is 23.4 Å². The molecular weight excluding hydrogens is 277 g/mol. The molecule has 6 nitrogen and oxygen atoms in total. The van der Waals surface area contributed by atoms with Crippen LogP contribution in [0.5, 0.6) is 0 Å². The fourth-order valence-corrected chi connectivity index (χ4v) is 2.35. The molecule has 4 N–H and O–H groups in total. The van der Waals surface area contributed by atoms with Crippen LogP contribution in [0.3, 0.4) is 0 Å². The first-order chi connectivity index (χ1) is 10.0. The molecule has 0 spiro atoms.